The molecule has 0 unspecified atom stereocenters. The quantitative estimate of drug-likeness (QED) is 0.625. The SMILES string of the molecule is C/C(CC(=O)Nc1ccccc1C#N)=N/NC(=O)Cc1cccs1. The Balaban J connectivity index is 1.84. The van der Waals surface area contributed by atoms with E-state index in [4.69, 9.17) is 5.26 Å². The Hall–Kier alpha value is -2.98. The average Bonchev–Trinajstić information content (AvgIpc) is 3.06. The van der Waals surface area contributed by atoms with E-state index in [0.29, 0.717) is 17.0 Å². The van der Waals surface area contributed by atoms with Gasteiger partial charge in [0.2, 0.25) is 11.8 Å². The zero-order valence-electron chi connectivity index (χ0n) is 13.1. The molecule has 0 fully saturated rings. The van der Waals surface area contributed by atoms with Crippen molar-refractivity contribution in [2.45, 2.75) is 19.8 Å². The summed E-state index contributed by atoms with van der Waals surface area (Å²) in [5.41, 5.74) is 3.76. The van der Waals surface area contributed by atoms with Crippen LogP contribution in [-0.2, 0) is 16.0 Å². The van der Waals surface area contributed by atoms with Crippen molar-refractivity contribution < 1.29 is 9.59 Å². The Morgan fingerprint density at radius 2 is 2.00 bits per heavy atom. The molecule has 0 atom stereocenters. The minimum atomic E-state index is -0.300. The summed E-state index contributed by atoms with van der Waals surface area (Å²) in [5.74, 6) is -0.529. The molecule has 2 N–H and O–H groups in total. The zero-order valence-corrected chi connectivity index (χ0v) is 13.9. The van der Waals surface area contributed by atoms with Crippen molar-refractivity contribution in [3.8, 4) is 6.07 Å². The summed E-state index contributed by atoms with van der Waals surface area (Å²) < 4.78 is 0. The molecule has 7 heteroatoms. The third-order valence-corrected chi connectivity index (χ3v) is 3.90. The number of hydrogen-bond donors (Lipinski definition) is 2. The van der Waals surface area contributed by atoms with E-state index < -0.39 is 0 Å². The number of para-hydroxylation sites is 1. The Morgan fingerprint density at radius 3 is 2.71 bits per heavy atom. The van der Waals surface area contributed by atoms with E-state index in [1.54, 1.807) is 31.2 Å². The summed E-state index contributed by atoms with van der Waals surface area (Å²) in [6.45, 7) is 1.65. The van der Waals surface area contributed by atoms with Crippen LogP contribution in [0.1, 0.15) is 23.8 Å². The van der Waals surface area contributed by atoms with E-state index in [1.807, 2.05) is 23.6 Å². The highest BCUT2D eigenvalue weighted by Crippen LogP contribution is 2.13. The molecular formula is C17H16N4O2S. The Morgan fingerprint density at radius 1 is 1.21 bits per heavy atom. The molecule has 0 radical (unpaired) electrons. The lowest BCUT2D eigenvalue weighted by Gasteiger charge is -2.06. The number of thiophene rings is 1. The van der Waals surface area contributed by atoms with Gasteiger partial charge in [0.1, 0.15) is 6.07 Å². The van der Waals surface area contributed by atoms with Crippen LogP contribution in [0.15, 0.2) is 46.9 Å². The van der Waals surface area contributed by atoms with Crippen molar-refractivity contribution in [2.24, 2.45) is 5.10 Å². The molecular weight excluding hydrogens is 324 g/mol. The highest BCUT2D eigenvalue weighted by atomic mass is 32.1. The van der Waals surface area contributed by atoms with E-state index >= 15 is 0 Å². The lowest BCUT2D eigenvalue weighted by Crippen LogP contribution is -2.22. The number of hydrogen-bond acceptors (Lipinski definition) is 5. The third-order valence-electron chi connectivity index (χ3n) is 3.02. The van der Waals surface area contributed by atoms with E-state index in [1.165, 1.54) is 11.3 Å². The summed E-state index contributed by atoms with van der Waals surface area (Å²) in [6, 6.07) is 12.5. The second-order valence-corrected chi connectivity index (χ2v) is 6.05. The average molecular weight is 340 g/mol. The molecule has 0 spiro atoms. The van der Waals surface area contributed by atoms with Crippen LogP contribution in [0.25, 0.3) is 0 Å². The largest absolute Gasteiger partial charge is 0.325 e. The number of amides is 2. The molecule has 0 saturated heterocycles. The van der Waals surface area contributed by atoms with Gasteiger partial charge in [-0.15, -0.1) is 11.3 Å². The fraction of sp³-hybridized carbons (Fsp3) is 0.176. The highest BCUT2D eigenvalue weighted by molar-refractivity contribution is 7.10. The van der Waals surface area contributed by atoms with Gasteiger partial charge in [-0.1, -0.05) is 18.2 Å². The molecule has 0 aliphatic heterocycles. The van der Waals surface area contributed by atoms with Gasteiger partial charge in [-0.05, 0) is 30.5 Å². The number of nitrogens with zero attached hydrogens (tertiary/aromatic N) is 2. The summed E-state index contributed by atoms with van der Waals surface area (Å²) in [5, 5.41) is 17.5. The first kappa shape index (κ1) is 17.4. The van der Waals surface area contributed by atoms with Crippen LogP contribution in [0.4, 0.5) is 5.69 Å². The number of hydrazone groups is 1. The predicted molar refractivity (Wildman–Crippen MR) is 93.7 cm³/mol. The maximum atomic E-state index is 12.0. The van der Waals surface area contributed by atoms with Gasteiger partial charge in [0.05, 0.1) is 24.1 Å². The van der Waals surface area contributed by atoms with Crippen molar-refractivity contribution >= 4 is 34.6 Å². The molecule has 6 nitrogen and oxygen atoms in total. The molecule has 0 aliphatic carbocycles. The fourth-order valence-electron chi connectivity index (χ4n) is 1.92. The minimum absolute atomic E-state index is 0.0268. The second-order valence-electron chi connectivity index (χ2n) is 5.02. The van der Waals surface area contributed by atoms with Crippen molar-refractivity contribution in [1.29, 1.82) is 5.26 Å². The Labute approximate surface area is 143 Å². The molecule has 0 saturated carbocycles. The summed E-state index contributed by atoms with van der Waals surface area (Å²) >= 11 is 1.50. The van der Waals surface area contributed by atoms with Crippen molar-refractivity contribution in [3.63, 3.8) is 0 Å². The lowest BCUT2D eigenvalue weighted by atomic mass is 10.2. The number of nitriles is 1. The summed E-state index contributed by atoms with van der Waals surface area (Å²) in [7, 11) is 0. The Kier molecular flexibility index (Phi) is 6.23. The second kappa shape index (κ2) is 8.60. The minimum Gasteiger partial charge on any atom is -0.325 e. The molecule has 2 aromatic rings. The van der Waals surface area contributed by atoms with Crippen LogP contribution in [0.2, 0.25) is 0 Å². The fourth-order valence-corrected chi connectivity index (χ4v) is 2.63. The molecule has 24 heavy (non-hydrogen) atoms. The Bertz CT molecular complexity index is 791. The van der Waals surface area contributed by atoms with Gasteiger partial charge in [0, 0.05) is 10.6 Å². The van der Waals surface area contributed by atoms with Crippen LogP contribution in [0.5, 0.6) is 0 Å². The molecule has 2 amide bonds. The van der Waals surface area contributed by atoms with Gasteiger partial charge in [0.15, 0.2) is 0 Å². The number of benzene rings is 1. The van der Waals surface area contributed by atoms with Gasteiger partial charge in [-0.25, -0.2) is 5.43 Å². The summed E-state index contributed by atoms with van der Waals surface area (Å²) in [6.07, 6.45) is 0.287. The number of carbonyl (C=O) groups excluding carboxylic acids is 2. The first-order valence-electron chi connectivity index (χ1n) is 7.22. The molecule has 122 valence electrons. The van der Waals surface area contributed by atoms with E-state index in [2.05, 4.69) is 15.8 Å². The van der Waals surface area contributed by atoms with Crippen molar-refractivity contribution in [3.05, 3.63) is 52.2 Å². The van der Waals surface area contributed by atoms with Gasteiger partial charge < -0.3 is 5.32 Å². The van der Waals surface area contributed by atoms with Gasteiger partial charge >= 0.3 is 0 Å². The number of nitrogens with one attached hydrogen (secondary N) is 2. The van der Waals surface area contributed by atoms with E-state index in [-0.39, 0.29) is 24.7 Å². The standard InChI is InChI=1S/C17H16N4O2S/c1-12(20-21-17(23)10-14-6-4-8-24-14)9-16(22)19-15-7-3-2-5-13(15)11-18/h2-8H,9-10H2,1H3,(H,19,22)(H,21,23)/b20-12-. The van der Waals surface area contributed by atoms with Gasteiger partial charge in [-0.2, -0.15) is 10.4 Å². The summed E-state index contributed by atoms with van der Waals surface area (Å²) in [4.78, 5) is 24.7. The van der Waals surface area contributed by atoms with E-state index in [9.17, 15) is 9.59 Å². The maximum Gasteiger partial charge on any atom is 0.245 e. The van der Waals surface area contributed by atoms with Gasteiger partial charge in [-0.3, -0.25) is 9.59 Å². The zero-order chi connectivity index (χ0) is 17.4. The lowest BCUT2D eigenvalue weighted by molar-refractivity contribution is -0.120. The number of rotatable bonds is 6. The van der Waals surface area contributed by atoms with Crippen LogP contribution in [0.3, 0.4) is 0 Å². The van der Waals surface area contributed by atoms with Crippen LogP contribution in [-0.4, -0.2) is 17.5 Å². The smallest absolute Gasteiger partial charge is 0.245 e. The molecule has 2 rings (SSSR count). The normalized spacial score (nSPS) is 10.8. The molecule has 0 aliphatic rings. The van der Waals surface area contributed by atoms with E-state index in [0.717, 1.165) is 4.88 Å². The first-order chi connectivity index (χ1) is 11.6. The van der Waals surface area contributed by atoms with Gasteiger partial charge in [0.25, 0.3) is 0 Å². The number of carbonyl (C=O) groups is 2. The van der Waals surface area contributed by atoms with Crippen LogP contribution in [0, 0.1) is 11.3 Å². The highest BCUT2D eigenvalue weighted by Gasteiger charge is 2.08. The predicted octanol–water partition coefficient (Wildman–Crippen LogP) is 2.68. The molecule has 1 aromatic heterocycles. The molecule has 1 heterocycles. The number of anilines is 1. The third kappa shape index (κ3) is 5.34. The maximum absolute atomic E-state index is 12.0. The first-order valence-corrected chi connectivity index (χ1v) is 8.10. The topological polar surface area (TPSA) is 94.3 Å². The van der Waals surface area contributed by atoms with Crippen LogP contribution < -0.4 is 10.7 Å². The molecule has 0 bridgehead atoms. The molecule has 1 aromatic carbocycles. The monoisotopic (exact) mass is 340 g/mol. The van der Waals surface area contributed by atoms with Crippen molar-refractivity contribution in [1.82, 2.24) is 5.43 Å². The van der Waals surface area contributed by atoms with Crippen LogP contribution >= 0.6 is 11.3 Å². The van der Waals surface area contributed by atoms with Crippen molar-refractivity contribution in [2.75, 3.05) is 5.32 Å².